The molecule has 0 saturated heterocycles. The van der Waals surface area contributed by atoms with Crippen LogP contribution in [0.5, 0.6) is 0 Å². The SMILES string of the molecule is FC(F)(F)c1cc(NCc2ccc(-c3cccnc3)cc2)n2ncnc2n1. The summed E-state index contributed by atoms with van der Waals surface area (Å²) >= 11 is 0. The highest BCUT2D eigenvalue weighted by Gasteiger charge is 2.34. The van der Waals surface area contributed by atoms with Gasteiger partial charge in [0.2, 0.25) is 0 Å². The standard InChI is InChI=1S/C18H13F3N6/c19-18(20,21)15-8-16(27-17(26-15)24-11-25-27)23-9-12-3-5-13(6-4-12)14-2-1-7-22-10-14/h1-8,10-11,23H,9H2. The number of fused-ring (bicyclic) bond motifs is 1. The molecule has 0 spiro atoms. The van der Waals surface area contributed by atoms with Gasteiger partial charge in [0.1, 0.15) is 12.1 Å². The summed E-state index contributed by atoms with van der Waals surface area (Å²) in [4.78, 5) is 11.3. The normalized spacial score (nSPS) is 11.7. The van der Waals surface area contributed by atoms with E-state index in [9.17, 15) is 13.2 Å². The van der Waals surface area contributed by atoms with Crippen LogP contribution in [0.3, 0.4) is 0 Å². The average molecular weight is 370 g/mol. The maximum Gasteiger partial charge on any atom is 0.433 e. The van der Waals surface area contributed by atoms with E-state index in [-0.39, 0.29) is 11.6 Å². The molecule has 9 heteroatoms. The molecule has 0 aliphatic heterocycles. The summed E-state index contributed by atoms with van der Waals surface area (Å²) < 4.78 is 40.3. The highest BCUT2D eigenvalue weighted by atomic mass is 19.4. The molecular weight excluding hydrogens is 357 g/mol. The van der Waals surface area contributed by atoms with Crippen molar-refractivity contribution in [1.29, 1.82) is 0 Å². The van der Waals surface area contributed by atoms with E-state index in [4.69, 9.17) is 0 Å². The summed E-state index contributed by atoms with van der Waals surface area (Å²) in [6.07, 6.45) is 0.0762. The highest BCUT2D eigenvalue weighted by molar-refractivity contribution is 5.62. The van der Waals surface area contributed by atoms with Crippen LogP contribution < -0.4 is 5.32 Å². The number of rotatable bonds is 4. The first-order valence-corrected chi connectivity index (χ1v) is 8.02. The fraction of sp³-hybridized carbons (Fsp3) is 0.111. The van der Waals surface area contributed by atoms with Crippen LogP contribution in [0, 0.1) is 0 Å². The van der Waals surface area contributed by atoms with Crippen molar-refractivity contribution in [3.8, 4) is 11.1 Å². The van der Waals surface area contributed by atoms with Crippen LogP contribution in [0.4, 0.5) is 19.0 Å². The monoisotopic (exact) mass is 370 g/mol. The number of benzene rings is 1. The molecule has 1 N–H and O–H groups in total. The molecule has 0 unspecified atom stereocenters. The van der Waals surface area contributed by atoms with Crippen LogP contribution in [0.15, 0.2) is 61.2 Å². The molecule has 0 fully saturated rings. The lowest BCUT2D eigenvalue weighted by molar-refractivity contribution is -0.141. The van der Waals surface area contributed by atoms with Gasteiger partial charge in [-0.25, -0.2) is 4.98 Å². The van der Waals surface area contributed by atoms with Crippen molar-refractivity contribution < 1.29 is 13.2 Å². The predicted octanol–water partition coefficient (Wildman–Crippen LogP) is 3.82. The summed E-state index contributed by atoms with van der Waals surface area (Å²) in [6, 6.07) is 12.4. The molecule has 0 saturated carbocycles. The van der Waals surface area contributed by atoms with Crippen LogP contribution in [-0.4, -0.2) is 24.6 Å². The number of hydrogen-bond acceptors (Lipinski definition) is 5. The maximum absolute atomic E-state index is 13.0. The van der Waals surface area contributed by atoms with Gasteiger partial charge in [-0.3, -0.25) is 4.98 Å². The van der Waals surface area contributed by atoms with Gasteiger partial charge < -0.3 is 5.32 Å². The second-order valence-electron chi connectivity index (χ2n) is 5.79. The number of halogens is 3. The molecule has 136 valence electrons. The zero-order valence-corrected chi connectivity index (χ0v) is 13.9. The number of pyridine rings is 1. The highest BCUT2D eigenvalue weighted by Crippen LogP contribution is 2.29. The minimum Gasteiger partial charge on any atom is -0.366 e. The second kappa shape index (κ2) is 6.67. The summed E-state index contributed by atoms with van der Waals surface area (Å²) in [5.41, 5.74) is 1.89. The third-order valence-electron chi connectivity index (χ3n) is 3.96. The van der Waals surface area contributed by atoms with E-state index in [1.807, 2.05) is 36.4 Å². The quantitative estimate of drug-likeness (QED) is 0.592. The van der Waals surface area contributed by atoms with Crippen LogP contribution in [0.25, 0.3) is 16.9 Å². The fourth-order valence-electron chi connectivity index (χ4n) is 2.62. The zero-order chi connectivity index (χ0) is 18.9. The Balaban J connectivity index is 1.56. The number of alkyl halides is 3. The molecule has 3 aromatic heterocycles. The molecule has 0 bridgehead atoms. The summed E-state index contributed by atoms with van der Waals surface area (Å²) in [6.45, 7) is 0.323. The maximum atomic E-state index is 13.0. The summed E-state index contributed by atoms with van der Waals surface area (Å²) in [5, 5.41) is 6.88. The van der Waals surface area contributed by atoms with Gasteiger partial charge in [-0.2, -0.15) is 27.8 Å². The van der Waals surface area contributed by atoms with Crippen LogP contribution in [-0.2, 0) is 12.7 Å². The van der Waals surface area contributed by atoms with Crippen molar-refractivity contribution in [2.45, 2.75) is 12.7 Å². The average Bonchev–Trinajstić information content (AvgIpc) is 3.15. The topological polar surface area (TPSA) is 68.0 Å². The molecule has 3 heterocycles. The molecule has 0 aliphatic rings. The Labute approximate surface area is 151 Å². The number of nitrogens with one attached hydrogen (secondary N) is 1. The molecular formula is C18H13F3N6. The molecule has 1 aromatic carbocycles. The number of aromatic nitrogens is 5. The smallest absolute Gasteiger partial charge is 0.366 e. The minimum atomic E-state index is -4.56. The molecule has 0 aliphatic carbocycles. The van der Waals surface area contributed by atoms with Gasteiger partial charge in [0.25, 0.3) is 5.78 Å². The predicted molar refractivity (Wildman–Crippen MR) is 92.8 cm³/mol. The fourth-order valence-corrected chi connectivity index (χ4v) is 2.62. The largest absolute Gasteiger partial charge is 0.433 e. The van der Waals surface area contributed by atoms with Gasteiger partial charge in [0, 0.05) is 25.0 Å². The Morgan fingerprint density at radius 1 is 1.04 bits per heavy atom. The van der Waals surface area contributed by atoms with Crippen LogP contribution in [0.2, 0.25) is 0 Å². The third-order valence-corrected chi connectivity index (χ3v) is 3.96. The molecule has 0 radical (unpaired) electrons. The Morgan fingerprint density at radius 3 is 2.56 bits per heavy atom. The Bertz CT molecular complexity index is 1060. The second-order valence-corrected chi connectivity index (χ2v) is 5.79. The summed E-state index contributed by atoms with van der Waals surface area (Å²) in [7, 11) is 0. The van der Waals surface area contributed by atoms with E-state index in [2.05, 4.69) is 25.4 Å². The van der Waals surface area contributed by atoms with Gasteiger partial charge >= 0.3 is 6.18 Å². The number of nitrogens with zero attached hydrogens (tertiary/aromatic N) is 5. The van der Waals surface area contributed by atoms with E-state index in [0.717, 1.165) is 29.1 Å². The van der Waals surface area contributed by atoms with Gasteiger partial charge in [0.05, 0.1) is 0 Å². The first-order chi connectivity index (χ1) is 13.0. The van der Waals surface area contributed by atoms with Gasteiger partial charge in [0.15, 0.2) is 5.69 Å². The lowest BCUT2D eigenvalue weighted by atomic mass is 10.1. The Hall–Kier alpha value is -3.49. The third kappa shape index (κ3) is 3.57. The summed E-state index contributed by atoms with van der Waals surface area (Å²) in [5.74, 6) is 0.0559. The molecule has 27 heavy (non-hydrogen) atoms. The van der Waals surface area contributed by atoms with Gasteiger partial charge in [-0.15, -0.1) is 0 Å². The van der Waals surface area contributed by atoms with Crippen molar-refractivity contribution in [2.24, 2.45) is 0 Å². The Kier molecular flexibility index (Phi) is 4.19. The molecule has 0 amide bonds. The van der Waals surface area contributed by atoms with E-state index < -0.39 is 11.9 Å². The lowest BCUT2D eigenvalue weighted by Gasteiger charge is -2.12. The number of anilines is 1. The van der Waals surface area contributed by atoms with Crippen molar-refractivity contribution in [3.05, 3.63) is 72.4 Å². The Morgan fingerprint density at radius 2 is 1.85 bits per heavy atom. The van der Waals surface area contributed by atoms with E-state index in [1.165, 1.54) is 4.52 Å². The minimum absolute atomic E-state index is 0.112. The van der Waals surface area contributed by atoms with E-state index in [1.54, 1.807) is 12.4 Å². The lowest BCUT2D eigenvalue weighted by Crippen LogP contribution is -2.13. The molecule has 6 nitrogen and oxygen atoms in total. The zero-order valence-electron chi connectivity index (χ0n) is 13.9. The van der Waals surface area contributed by atoms with Gasteiger partial charge in [-0.1, -0.05) is 30.3 Å². The number of hydrogen-bond donors (Lipinski definition) is 1. The van der Waals surface area contributed by atoms with Crippen molar-refractivity contribution in [2.75, 3.05) is 5.32 Å². The molecule has 4 rings (SSSR count). The van der Waals surface area contributed by atoms with Crippen molar-refractivity contribution in [1.82, 2.24) is 24.6 Å². The van der Waals surface area contributed by atoms with E-state index >= 15 is 0 Å². The van der Waals surface area contributed by atoms with E-state index in [0.29, 0.717) is 6.54 Å². The molecule has 4 aromatic rings. The first kappa shape index (κ1) is 17.0. The van der Waals surface area contributed by atoms with Crippen molar-refractivity contribution in [3.63, 3.8) is 0 Å². The van der Waals surface area contributed by atoms with Crippen molar-refractivity contribution >= 4 is 11.6 Å². The van der Waals surface area contributed by atoms with Gasteiger partial charge in [-0.05, 0) is 22.8 Å². The molecule has 0 atom stereocenters. The van der Waals surface area contributed by atoms with Crippen LogP contribution in [0.1, 0.15) is 11.3 Å². The van der Waals surface area contributed by atoms with Crippen LogP contribution >= 0.6 is 0 Å². The first-order valence-electron chi connectivity index (χ1n) is 8.02.